The van der Waals surface area contributed by atoms with E-state index < -0.39 is 0 Å². The molecule has 0 bridgehead atoms. The van der Waals surface area contributed by atoms with Gasteiger partial charge in [-0.3, -0.25) is 0 Å². The van der Waals surface area contributed by atoms with Gasteiger partial charge in [-0.1, -0.05) is 17.7 Å². The molecule has 14 heavy (non-hydrogen) atoms. The van der Waals surface area contributed by atoms with Crippen LogP contribution in [-0.2, 0) is 6.54 Å². The van der Waals surface area contributed by atoms with Gasteiger partial charge in [-0.15, -0.1) is 16.6 Å². The first-order valence-electron chi connectivity index (χ1n) is 4.57. The van der Waals surface area contributed by atoms with Crippen molar-refractivity contribution in [3.8, 4) is 12.3 Å². The van der Waals surface area contributed by atoms with Crippen LogP contribution in [0.3, 0.4) is 0 Å². The molecule has 1 aromatic rings. The van der Waals surface area contributed by atoms with E-state index in [1.165, 1.54) is 12.8 Å². The van der Waals surface area contributed by atoms with Gasteiger partial charge in [0.2, 0.25) is 0 Å². The molecule has 1 heterocycles. The second-order valence-electron chi connectivity index (χ2n) is 3.20. The summed E-state index contributed by atoms with van der Waals surface area (Å²) in [5.41, 5.74) is 5.59. The van der Waals surface area contributed by atoms with Gasteiger partial charge in [-0.25, -0.2) is 0 Å². The third-order valence-electron chi connectivity index (χ3n) is 2.11. The molecule has 4 nitrogen and oxygen atoms in total. The lowest BCUT2D eigenvalue weighted by Crippen LogP contribution is -2.08. The molecule has 0 radical (unpaired) electrons. The normalized spacial score (nSPS) is 15.4. The van der Waals surface area contributed by atoms with E-state index in [0.717, 1.165) is 11.0 Å². The minimum Gasteiger partial charge on any atom is -0.324 e. The van der Waals surface area contributed by atoms with E-state index in [-0.39, 0.29) is 0 Å². The molecular weight excluding hydrogens is 196 g/mol. The van der Waals surface area contributed by atoms with E-state index in [4.69, 9.17) is 12.2 Å². The summed E-state index contributed by atoms with van der Waals surface area (Å²) in [4.78, 5) is 0. The van der Waals surface area contributed by atoms with Gasteiger partial charge >= 0.3 is 0 Å². The van der Waals surface area contributed by atoms with Gasteiger partial charge in [-0.2, -0.15) is 0 Å². The Balaban J connectivity index is 2.21. The van der Waals surface area contributed by atoms with E-state index in [9.17, 15) is 0 Å². The molecule has 74 valence electrons. The highest BCUT2D eigenvalue weighted by Crippen LogP contribution is 2.38. The number of thioether (sulfide) groups is 1. The Morgan fingerprint density at radius 1 is 1.57 bits per heavy atom. The molecule has 1 aliphatic carbocycles. The molecule has 1 fully saturated rings. The van der Waals surface area contributed by atoms with Crippen molar-refractivity contribution in [1.82, 2.24) is 14.8 Å². The number of terminal acetylenes is 1. The molecule has 0 aromatic carbocycles. The lowest BCUT2D eigenvalue weighted by molar-refractivity contribution is 0.627. The summed E-state index contributed by atoms with van der Waals surface area (Å²) in [6.45, 7) is 0.445. The Kier molecular flexibility index (Phi) is 2.75. The molecule has 0 aliphatic heterocycles. The summed E-state index contributed by atoms with van der Waals surface area (Å²) in [5, 5.41) is 9.04. The molecule has 5 heteroatoms. The summed E-state index contributed by atoms with van der Waals surface area (Å²) in [6.07, 6.45) is 7.61. The van der Waals surface area contributed by atoms with Crippen LogP contribution in [-0.4, -0.2) is 20.5 Å². The maximum absolute atomic E-state index is 5.59. The fourth-order valence-corrected chi connectivity index (χ4v) is 2.06. The molecular formula is C9H12N4S. The largest absolute Gasteiger partial charge is 0.324 e. The first kappa shape index (κ1) is 9.56. The molecule has 1 saturated carbocycles. The lowest BCUT2D eigenvalue weighted by Gasteiger charge is -2.05. The van der Waals surface area contributed by atoms with E-state index in [1.807, 2.05) is 0 Å². The molecule has 0 amide bonds. The third kappa shape index (κ3) is 1.76. The molecule has 0 unspecified atom stereocenters. The van der Waals surface area contributed by atoms with Crippen LogP contribution in [0.1, 0.15) is 24.7 Å². The Morgan fingerprint density at radius 2 is 2.36 bits per heavy atom. The maximum atomic E-state index is 5.59. The predicted molar refractivity (Wildman–Crippen MR) is 55.7 cm³/mol. The van der Waals surface area contributed by atoms with Gasteiger partial charge in [0.1, 0.15) is 5.82 Å². The summed E-state index contributed by atoms with van der Waals surface area (Å²) in [7, 11) is 0. The zero-order valence-corrected chi connectivity index (χ0v) is 8.63. The van der Waals surface area contributed by atoms with Gasteiger partial charge in [0.05, 0.1) is 12.3 Å². The fourth-order valence-electron chi connectivity index (χ4n) is 1.35. The van der Waals surface area contributed by atoms with Crippen molar-refractivity contribution in [2.24, 2.45) is 5.73 Å². The highest BCUT2D eigenvalue weighted by Gasteiger charge is 2.28. The van der Waals surface area contributed by atoms with Crippen molar-refractivity contribution in [2.75, 3.05) is 5.75 Å². The lowest BCUT2D eigenvalue weighted by atomic mass is 10.5. The van der Waals surface area contributed by atoms with E-state index in [0.29, 0.717) is 18.3 Å². The second kappa shape index (κ2) is 4.03. The average molecular weight is 208 g/mol. The van der Waals surface area contributed by atoms with Crippen LogP contribution < -0.4 is 5.73 Å². The van der Waals surface area contributed by atoms with Crippen molar-refractivity contribution in [2.45, 2.75) is 30.6 Å². The SMILES string of the molecule is C#CCSc1nnc(CN)n1C1CC1. The quantitative estimate of drug-likeness (QED) is 0.587. The monoisotopic (exact) mass is 208 g/mol. The van der Waals surface area contributed by atoms with Gasteiger partial charge < -0.3 is 10.3 Å². The van der Waals surface area contributed by atoms with Crippen LogP contribution in [0.5, 0.6) is 0 Å². The molecule has 1 aromatic heterocycles. The molecule has 2 rings (SSSR count). The topological polar surface area (TPSA) is 56.7 Å². The van der Waals surface area contributed by atoms with Crippen LogP contribution >= 0.6 is 11.8 Å². The Morgan fingerprint density at radius 3 is 2.93 bits per heavy atom. The number of nitrogens with two attached hydrogens (primary N) is 1. The Labute approximate surface area is 87.3 Å². The van der Waals surface area contributed by atoms with Crippen molar-refractivity contribution in [1.29, 1.82) is 0 Å². The summed E-state index contributed by atoms with van der Waals surface area (Å²) >= 11 is 1.55. The second-order valence-corrected chi connectivity index (χ2v) is 4.14. The van der Waals surface area contributed by atoms with Crippen LogP contribution in [0.15, 0.2) is 5.16 Å². The standard InChI is InChI=1S/C9H12N4S/c1-2-5-14-9-12-11-8(6-10)13(9)7-3-4-7/h1,7H,3-6,10H2. The maximum Gasteiger partial charge on any atom is 0.192 e. The minimum atomic E-state index is 0.445. The summed E-state index contributed by atoms with van der Waals surface area (Å²) < 4.78 is 2.13. The smallest absolute Gasteiger partial charge is 0.192 e. The van der Waals surface area contributed by atoms with E-state index in [2.05, 4.69) is 20.7 Å². The number of rotatable bonds is 4. The number of aromatic nitrogens is 3. The Bertz CT molecular complexity index is 361. The van der Waals surface area contributed by atoms with Gasteiger partial charge in [0, 0.05) is 6.04 Å². The predicted octanol–water partition coefficient (Wildman–Crippen LogP) is 0.797. The first-order valence-corrected chi connectivity index (χ1v) is 5.55. The average Bonchev–Trinajstić information content (AvgIpc) is 2.96. The van der Waals surface area contributed by atoms with Crippen LogP contribution in [0.2, 0.25) is 0 Å². The highest BCUT2D eigenvalue weighted by molar-refractivity contribution is 7.99. The van der Waals surface area contributed by atoms with Crippen LogP contribution in [0, 0.1) is 12.3 Å². The summed E-state index contributed by atoms with van der Waals surface area (Å²) in [5.74, 6) is 4.08. The van der Waals surface area contributed by atoms with E-state index >= 15 is 0 Å². The zero-order valence-electron chi connectivity index (χ0n) is 7.81. The molecule has 2 N–H and O–H groups in total. The molecule has 0 saturated heterocycles. The third-order valence-corrected chi connectivity index (χ3v) is 2.96. The number of nitrogens with zero attached hydrogens (tertiary/aromatic N) is 3. The fraction of sp³-hybridized carbons (Fsp3) is 0.556. The zero-order chi connectivity index (χ0) is 9.97. The van der Waals surface area contributed by atoms with Crippen LogP contribution in [0.4, 0.5) is 0 Å². The van der Waals surface area contributed by atoms with Gasteiger partial charge in [-0.05, 0) is 12.8 Å². The van der Waals surface area contributed by atoms with Crippen molar-refractivity contribution >= 4 is 11.8 Å². The van der Waals surface area contributed by atoms with Crippen LogP contribution in [0.25, 0.3) is 0 Å². The number of hydrogen-bond donors (Lipinski definition) is 1. The van der Waals surface area contributed by atoms with E-state index in [1.54, 1.807) is 11.8 Å². The van der Waals surface area contributed by atoms with Gasteiger partial charge in [0.15, 0.2) is 5.16 Å². The minimum absolute atomic E-state index is 0.445. The summed E-state index contributed by atoms with van der Waals surface area (Å²) in [6, 6.07) is 0.559. The van der Waals surface area contributed by atoms with Gasteiger partial charge in [0.25, 0.3) is 0 Å². The number of hydrogen-bond acceptors (Lipinski definition) is 4. The van der Waals surface area contributed by atoms with Crippen molar-refractivity contribution in [3.05, 3.63) is 5.82 Å². The van der Waals surface area contributed by atoms with Crippen molar-refractivity contribution < 1.29 is 0 Å². The molecule has 1 aliphatic rings. The van der Waals surface area contributed by atoms with Crippen molar-refractivity contribution in [3.63, 3.8) is 0 Å². The Hall–Kier alpha value is -0.990. The molecule has 0 spiro atoms. The first-order chi connectivity index (χ1) is 6.86. The highest BCUT2D eigenvalue weighted by atomic mass is 32.2. The molecule has 0 atom stereocenters.